The van der Waals surface area contributed by atoms with Crippen molar-refractivity contribution in [3.63, 3.8) is 0 Å². The van der Waals surface area contributed by atoms with Crippen LogP contribution in [0.1, 0.15) is 24.7 Å². The molecule has 106 valence electrons. The fourth-order valence-electron chi connectivity index (χ4n) is 1.71. The van der Waals surface area contributed by atoms with E-state index in [-0.39, 0.29) is 0 Å². The van der Waals surface area contributed by atoms with E-state index in [1.165, 1.54) is 0 Å². The van der Waals surface area contributed by atoms with Gasteiger partial charge in [0.15, 0.2) is 0 Å². The Balaban J connectivity index is 2.37. The normalized spacial score (nSPS) is 10.7. The predicted octanol–water partition coefficient (Wildman–Crippen LogP) is 5.66. The van der Waals surface area contributed by atoms with Crippen molar-refractivity contribution in [2.75, 3.05) is 5.32 Å². The van der Waals surface area contributed by atoms with Gasteiger partial charge in [0.1, 0.15) is 16.8 Å². The summed E-state index contributed by atoms with van der Waals surface area (Å²) >= 11 is 13.1. The Bertz CT molecular complexity index is 632. The third-order valence-electron chi connectivity index (χ3n) is 2.79. The van der Waals surface area contributed by atoms with E-state index < -0.39 is 0 Å². The van der Waals surface area contributed by atoms with Crippen LogP contribution in [0.25, 0.3) is 0 Å². The number of halogens is 3. The summed E-state index contributed by atoms with van der Waals surface area (Å²) in [6.45, 7) is 4.00. The molecule has 2 rings (SSSR count). The minimum Gasteiger partial charge on any atom is -0.339 e. The highest BCUT2D eigenvalue weighted by Crippen LogP contribution is 2.30. The maximum Gasteiger partial charge on any atom is 0.138 e. The van der Waals surface area contributed by atoms with Crippen LogP contribution in [-0.2, 0) is 6.42 Å². The summed E-state index contributed by atoms with van der Waals surface area (Å²) in [4.78, 5) is 8.84. The van der Waals surface area contributed by atoms with Crippen LogP contribution in [0.4, 0.5) is 11.5 Å². The Kier molecular flexibility index (Phi) is 5.41. The first-order chi connectivity index (χ1) is 9.51. The van der Waals surface area contributed by atoms with Gasteiger partial charge in [0.25, 0.3) is 0 Å². The highest BCUT2D eigenvalue weighted by atomic mass is 79.9. The van der Waals surface area contributed by atoms with Gasteiger partial charge in [0, 0.05) is 20.9 Å². The first-order valence-corrected chi connectivity index (χ1v) is 8.22. The molecule has 1 N–H and O–H groups in total. The molecule has 1 heterocycles. The number of anilines is 2. The van der Waals surface area contributed by atoms with E-state index in [2.05, 4.69) is 54.1 Å². The highest BCUT2D eigenvalue weighted by molar-refractivity contribution is 9.11. The molecule has 0 aliphatic rings. The summed E-state index contributed by atoms with van der Waals surface area (Å²) in [5.74, 6) is 1.51. The second-order valence-corrected chi connectivity index (χ2v) is 6.53. The molecule has 3 nitrogen and oxygen atoms in total. The first kappa shape index (κ1) is 15.7. The van der Waals surface area contributed by atoms with Crippen molar-refractivity contribution in [3.05, 3.63) is 43.7 Å². The molecule has 0 aliphatic carbocycles. The highest BCUT2D eigenvalue weighted by Gasteiger charge is 2.10. The Morgan fingerprint density at radius 2 is 2.00 bits per heavy atom. The largest absolute Gasteiger partial charge is 0.339 e. The van der Waals surface area contributed by atoms with Gasteiger partial charge in [0.05, 0.1) is 5.69 Å². The van der Waals surface area contributed by atoms with E-state index in [0.29, 0.717) is 5.15 Å². The second-order valence-electron chi connectivity index (χ2n) is 4.40. The number of hydrogen-bond donors (Lipinski definition) is 1. The molecule has 1 aromatic carbocycles. The van der Waals surface area contributed by atoms with Crippen molar-refractivity contribution in [1.82, 2.24) is 9.97 Å². The van der Waals surface area contributed by atoms with Gasteiger partial charge in [-0.2, -0.15) is 0 Å². The van der Waals surface area contributed by atoms with Crippen molar-refractivity contribution >= 4 is 55.0 Å². The van der Waals surface area contributed by atoms with Gasteiger partial charge >= 0.3 is 0 Å². The SMILES string of the molecule is CCCc1nc(Cl)c(C)c(Nc2ccc(Br)cc2Br)n1. The Labute approximate surface area is 140 Å². The molecule has 0 aliphatic heterocycles. The smallest absolute Gasteiger partial charge is 0.138 e. The van der Waals surface area contributed by atoms with Crippen LogP contribution in [0.5, 0.6) is 0 Å². The van der Waals surface area contributed by atoms with Crippen LogP contribution in [0.2, 0.25) is 5.15 Å². The van der Waals surface area contributed by atoms with E-state index in [4.69, 9.17) is 11.6 Å². The number of rotatable bonds is 4. The van der Waals surface area contributed by atoms with Gasteiger partial charge in [-0.3, -0.25) is 0 Å². The monoisotopic (exact) mass is 417 g/mol. The van der Waals surface area contributed by atoms with Crippen LogP contribution in [-0.4, -0.2) is 9.97 Å². The standard InChI is InChI=1S/C14H14Br2ClN3/c1-3-4-12-19-13(17)8(2)14(20-12)18-11-6-5-9(15)7-10(11)16/h5-7H,3-4H2,1-2H3,(H,18,19,20). The molecular weight excluding hydrogens is 405 g/mol. The summed E-state index contributed by atoms with van der Waals surface area (Å²) in [5, 5.41) is 3.80. The minimum absolute atomic E-state index is 0.499. The van der Waals surface area contributed by atoms with E-state index in [0.717, 1.165) is 44.7 Å². The molecule has 6 heteroatoms. The predicted molar refractivity (Wildman–Crippen MR) is 90.9 cm³/mol. The van der Waals surface area contributed by atoms with Gasteiger partial charge in [0.2, 0.25) is 0 Å². The molecule has 0 amide bonds. The first-order valence-electron chi connectivity index (χ1n) is 6.26. The van der Waals surface area contributed by atoms with Crippen LogP contribution >= 0.6 is 43.5 Å². The van der Waals surface area contributed by atoms with Crippen molar-refractivity contribution in [1.29, 1.82) is 0 Å². The average molecular weight is 420 g/mol. The van der Waals surface area contributed by atoms with Gasteiger partial charge in [-0.15, -0.1) is 0 Å². The fraction of sp³-hybridized carbons (Fsp3) is 0.286. The zero-order chi connectivity index (χ0) is 14.7. The molecule has 1 aromatic heterocycles. The lowest BCUT2D eigenvalue weighted by Crippen LogP contribution is -2.04. The van der Waals surface area contributed by atoms with E-state index >= 15 is 0 Å². The maximum atomic E-state index is 6.18. The van der Waals surface area contributed by atoms with E-state index in [1.807, 2.05) is 25.1 Å². The maximum absolute atomic E-state index is 6.18. The Hall–Kier alpha value is -0.650. The quantitative estimate of drug-likeness (QED) is 0.650. The zero-order valence-electron chi connectivity index (χ0n) is 11.2. The number of aromatic nitrogens is 2. The Morgan fingerprint density at radius 1 is 1.25 bits per heavy atom. The van der Waals surface area contributed by atoms with Crippen LogP contribution < -0.4 is 5.32 Å². The van der Waals surface area contributed by atoms with Crippen LogP contribution in [0.3, 0.4) is 0 Å². The van der Waals surface area contributed by atoms with Gasteiger partial charge in [-0.25, -0.2) is 9.97 Å². The summed E-state index contributed by atoms with van der Waals surface area (Å²) in [7, 11) is 0. The van der Waals surface area contributed by atoms with Gasteiger partial charge in [-0.1, -0.05) is 34.5 Å². The third-order valence-corrected chi connectivity index (χ3v) is 4.31. The molecule has 0 saturated heterocycles. The van der Waals surface area contributed by atoms with Crippen LogP contribution in [0.15, 0.2) is 27.1 Å². The summed E-state index contributed by atoms with van der Waals surface area (Å²) in [6.07, 6.45) is 1.80. The lowest BCUT2D eigenvalue weighted by Gasteiger charge is -2.12. The number of nitrogens with zero attached hydrogens (tertiary/aromatic N) is 2. The summed E-state index contributed by atoms with van der Waals surface area (Å²) in [5.41, 5.74) is 1.79. The molecule has 0 radical (unpaired) electrons. The molecule has 0 saturated carbocycles. The van der Waals surface area contributed by atoms with Crippen molar-refractivity contribution in [2.24, 2.45) is 0 Å². The molecule has 2 aromatic rings. The van der Waals surface area contributed by atoms with E-state index in [9.17, 15) is 0 Å². The third kappa shape index (κ3) is 3.71. The summed E-state index contributed by atoms with van der Waals surface area (Å²) in [6, 6.07) is 5.93. The van der Waals surface area contributed by atoms with Crippen molar-refractivity contribution < 1.29 is 0 Å². The van der Waals surface area contributed by atoms with Crippen molar-refractivity contribution in [2.45, 2.75) is 26.7 Å². The lowest BCUT2D eigenvalue weighted by molar-refractivity contribution is 0.833. The second kappa shape index (κ2) is 6.87. The minimum atomic E-state index is 0.499. The molecule has 20 heavy (non-hydrogen) atoms. The number of hydrogen-bond acceptors (Lipinski definition) is 3. The molecule has 0 fully saturated rings. The number of aryl methyl sites for hydroxylation is 1. The molecule has 0 atom stereocenters. The molecular formula is C14H14Br2ClN3. The van der Waals surface area contributed by atoms with Gasteiger partial charge < -0.3 is 5.32 Å². The number of benzene rings is 1. The topological polar surface area (TPSA) is 37.8 Å². The zero-order valence-corrected chi connectivity index (χ0v) is 15.1. The average Bonchev–Trinajstić information content (AvgIpc) is 2.39. The van der Waals surface area contributed by atoms with E-state index in [1.54, 1.807) is 0 Å². The van der Waals surface area contributed by atoms with Crippen LogP contribution in [0, 0.1) is 6.92 Å². The van der Waals surface area contributed by atoms with Crippen molar-refractivity contribution in [3.8, 4) is 0 Å². The molecule has 0 unspecified atom stereocenters. The van der Waals surface area contributed by atoms with Gasteiger partial charge in [-0.05, 0) is 47.5 Å². The lowest BCUT2D eigenvalue weighted by atomic mass is 10.2. The Morgan fingerprint density at radius 3 is 2.65 bits per heavy atom. The number of nitrogens with one attached hydrogen (secondary N) is 1. The molecule has 0 spiro atoms. The summed E-state index contributed by atoms with van der Waals surface area (Å²) < 4.78 is 1.97. The molecule has 0 bridgehead atoms. The fourth-order valence-corrected chi connectivity index (χ4v) is 3.04.